The lowest BCUT2D eigenvalue weighted by atomic mass is 9.86. The molecule has 2 rings (SSSR count). The maximum absolute atomic E-state index is 11.9. The molecule has 0 radical (unpaired) electrons. The largest absolute Gasteiger partial charge is 0.378 e. The van der Waals surface area contributed by atoms with Gasteiger partial charge in [0.1, 0.15) is 0 Å². The van der Waals surface area contributed by atoms with Gasteiger partial charge in [0.05, 0.1) is 6.54 Å². The maximum Gasteiger partial charge on any atom is 0.154 e. The quantitative estimate of drug-likeness (QED) is 0.838. The highest BCUT2D eigenvalue weighted by molar-refractivity contribution is 5.85. The van der Waals surface area contributed by atoms with Gasteiger partial charge in [0.2, 0.25) is 0 Å². The third-order valence-corrected chi connectivity index (χ3v) is 3.30. The summed E-state index contributed by atoms with van der Waals surface area (Å²) in [6.07, 6.45) is 5.93. The van der Waals surface area contributed by atoms with Crippen LogP contribution in [0.5, 0.6) is 0 Å². The topological polar surface area (TPSA) is 29.1 Å². The van der Waals surface area contributed by atoms with Crippen molar-refractivity contribution < 1.29 is 4.79 Å². The highest BCUT2D eigenvalue weighted by atomic mass is 16.1. The van der Waals surface area contributed by atoms with Crippen molar-refractivity contribution in [2.75, 3.05) is 11.9 Å². The van der Waals surface area contributed by atoms with Crippen LogP contribution in [0, 0.1) is 5.92 Å². The standard InChI is InChI=1S/C14H19NO/c16-14(12-7-3-1-4-8-12)11-15-13-9-5-2-6-10-13/h2,5-6,9-10,12,15H,1,3-4,7-8,11H2. The lowest BCUT2D eigenvalue weighted by Gasteiger charge is -2.20. The molecule has 1 aliphatic carbocycles. The molecule has 0 saturated heterocycles. The van der Waals surface area contributed by atoms with Gasteiger partial charge in [-0.1, -0.05) is 37.5 Å². The molecule has 2 heteroatoms. The first kappa shape index (κ1) is 11.2. The minimum Gasteiger partial charge on any atom is -0.378 e. The summed E-state index contributed by atoms with van der Waals surface area (Å²) >= 11 is 0. The van der Waals surface area contributed by atoms with Crippen molar-refractivity contribution in [2.24, 2.45) is 5.92 Å². The van der Waals surface area contributed by atoms with Crippen LogP contribution >= 0.6 is 0 Å². The number of hydrogen-bond donors (Lipinski definition) is 1. The third-order valence-electron chi connectivity index (χ3n) is 3.30. The second-order valence-electron chi connectivity index (χ2n) is 4.52. The average Bonchev–Trinajstić information content (AvgIpc) is 2.38. The second kappa shape index (κ2) is 5.69. The molecule has 0 heterocycles. The molecule has 0 bridgehead atoms. The van der Waals surface area contributed by atoms with Gasteiger partial charge < -0.3 is 5.32 Å². The van der Waals surface area contributed by atoms with Gasteiger partial charge in [-0.2, -0.15) is 0 Å². The Morgan fingerprint density at radius 2 is 1.81 bits per heavy atom. The van der Waals surface area contributed by atoms with E-state index in [0.717, 1.165) is 18.5 Å². The molecule has 0 aliphatic heterocycles. The van der Waals surface area contributed by atoms with Crippen LogP contribution in [0.15, 0.2) is 30.3 Å². The summed E-state index contributed by atoms with van der Waals surface area (Å²) < 4.78 is 0. The Hall–Kier alpha value is -1.31. The Labute approximate surface area is 97.1 Å². The monoisotopic (exact) mass is 217 g/mol. The molecule has 0 amide bonds. The van der Waals surface area contributed by atoms with Crippen molar-refractivity contribution in [3.8, 4) is 0 Å². The van der Waals surface area contributed by atoms with Gasteiger partial charge in [0, 0.05) is 11.6 Å². The number of Topliss-reactive ketones (excluding diaryl/α,β-unsaturated/α-hetero) is 1. The summed E-state index contributed by atoms with van der Waals surface area (Å²) in [5.74, 6) is 0.688. The smallest absolute Gasteiger partial charge is 0.154 e. The summed E-state index contributed by atoms with van der Waals surface area (Å²) in [7, 11) is 0. The zero-order valence-electron chi connectivity index (χ0n) is 9.61. The molecule has 16 heavy (non-hydrogen) atoms. The molecular formula is C14H19NO. The normalized spacial score (nSPS) is 17.0. The third kappa shape index (κ3) is 3.09. The Morgan fingerprint density at radius 3 is 2.50 bits per heavy atom. The first-order chi connectivity index (χ1) is 7.86. The molecule has 0 atom stereocenters. The molecule has 1 saturated carbocycles. The lowest BCUT2D eigenvalue weighted by Crippen LogP contribution is -2.24. The number of benzene rings is 1. The number of ketones is 1. The van der Waals surface area contributed by atoms with Crippen molar-refractivity contribution in [2.45, 2.75) is 32.1 Å². The lowest BCUT2D eigenvalue weighted by molar-refractivity contribution is -0.122. The van der Waals surface area contributed by atoms with E-state index in [1.807, 2.05) is 30.3 Å². The zero-order chi connectivity index (χ0) is 11.2. The molecule has 0 unspecified atom stereocenters. The zero-order valence-corrected chi connectivity index (χ0v) is 9.61. The predicted octanol–water partition coefficient (Wildman–Crippen LogP) is 3.25. The molecule has 0 spiro atoms. The van der Waals surface area contributed by atoms with Crippen LogP contribution in [0.25, 0.3) is 0 Å². The van der Waals surface area contributed by atoms with Crippen LogP contribution in [-0.2, 0) is 4.79 Å². The van der Waals surface area contributed by atoms with Crippen molar-refractivity contribution in [1.29, 1.82) is 0 Å². The molecule has 1 fully saturated rings. The van der Waals surface area contributed by atoms with E-state index in [2.05, 4.69) is 5.32 Å². The number of anilines is 1. The van der Waals surface area contributed by atoms with Gasteiger partial charge in [-0.25, -0.2) is 0 Å². The Kier molecular flexibility index (Phi) is 3.97. The van der Waals surface area contributed by atoms with Gasteiger partial charge >= 0.3 is 0 Å². The van der Waals surface area contributed by atoms with E-state index in [-0.39, 0.29) is 0 Å². The second-order valence-corrected chi connectivity index (χ2v) is 4.52. The van der Waals surface area contributed by atoms with E-state index in [1.54, 1.807) is 0 Å². The maximum atomic E-state index is 11.9. The first-order valence-electron chi connectivity index (χ1n) is 6.18. The fourth-order valence-corrected chi connectivity index (χ4v) is 2.31. The summed E-state index contributed by atoms with van der Waals surface area (Å²) in [6, 6.07) is 9.93. The summed E-state index contributed by atoms with van der Waals surface area (Å²) in [6.45, 7) is 0.481. The van der Waals surface area contributed by atoms with E-state index >= 15 is 0 Å². The van der Waals surface area contributed by atoms with Crippen LogP contribution in [-0.4, -0.2) is 12.3 Å². The van der Waals surface area contributed by atoms with Crippen LogP contribution in [0.2, 0.25) is 0 Å². The van der Waals surface area contributed by atoms with Gasteiger partial charge in [0.15, 0.2) is 5.78 Å². The first-order valence-corrected chi connectivity index (χ1v) is 6.18. The summed E-state index contributed by atoms with van der Waals surface area (Å²) in [4.78, 5) is 11.9. The van der Waals surface area contributed by atoms with Crippen LogP contribution < -0.4 is 5.32 Å². The van der Waals surface area contributed by atoms with Gasteiger partial charge in [-0.05, 0) is 25.0 Å². The minimum atomic E-state index is 0.310. The van der Waals surface area contributed by atoms with Crippen LogP contribution in [0.1, 0.15) is 32.1 Å². The summed E-state index contributed by atoms with van der Waals surface area (Å²) in [5.41, 5.74) is 1.03. The van der Waals surface area contributed by atoms with Crippen LogP contribution in [0.4, 0.5) is 5.69 Å². The number of hydrogen-bond acceptors (Lipinski definition) is 2. The van der Waals surface area contributed by atoms with Crippen LogP contribution in [0.3, 0.4) is 0 Å². The average molecular weight is 217 g/mol. The van der Waals surface area contributed by atoms with Gasteiger partial charge in [0.25, 0.3) is 0 Å². The molecule has 0 aromatic heterocycles. The summed E-state index contributed by atoms with van der Waals surface area (Å²) in [5, 5.41) is 3.19. The van der Waals surface area contributed by atoms with E-state index in [4.69, 9.17) is 0 Å². The van der Waals surface area contributed by atoms with Gasteiger partial charge in [-0.15, -0.1) is 0 Å². The Balaban J connectivity index is 1.79. The van der Waals surface area contributed by atoms with Crippen molar-refractivity contribution >= 4 is 11.5 Å². The highest BCUT2D eigenvalue weighted by Crippen LogP contribution is 2.24. The number of nitrogens with one attached hydrogen (secondary N) is 1. The number of rotatable bonds is 4. The fourth-order valence-electron chi connectivity index (χ4n) is 2.31. The fraction of sp³-hybridized carbons (Fsp3) is 0.500. The SMILES string of the molecule is O=C(CNc1ccccc1)C1CCCCC1. The van der Waals surface area contributed by atoms with Crippen molar-refractivity contribution in [1.82, 2.24) is 0 Å². The van der Waals surface area contributed by atoms with E-state index in [0.29, 0.717) is 18.2 Å². The molecule has 1 aromatic carbocycles. The Morgan fingerprint density at radius 1 is 1.12 bits per heavy atom. The highest BCUT2D eigenvalue weighted by Gasteiger charge is 2.20. The van der Waals surface area contributed by atoms with Gasteiger partial charge in [-0.3, -0.25) is 4.79 Å². The van der Waals surface area contributed by atoms with Crippen molar-refractivity contribution in [3.63, 3.8) is 0 Å². The predicted molar refractivity (Wildman–Crippen MR) is 66.5 cm³/mol. The van der Waals surface area contributed by atoms with E-state index in [1.165, 1.54) is 19.3 Å². The molecule has 86 valence electrons. The minimum absolute atomic E-state index is 0.310. The number of carbonyl (C=O) groups is 1. The molecule has 1 N–H and O–H groups in total. The molecule has 2 nitrogen and oxygen atoms in total. The molecule has 1 aliphatic rings. The number of para-hydroxylation sites is 1. The Bertz CT molecular complexity index is 328. The molecular weight excluding hydrogens is 198 g/mol. The van der Waals surface area contributed by atoms with E-state index < -0.39 is 0 Å². The molecule has 1 aromatic rings. The van der Waals surface area contributed by atoms with E-state index in [9.17, 15) is 4.79 Å². The number of carbonyl (C=O) groups excluding carboxylic acids is 1. The van der Waals surface area contributed by atoms with Crippen molar-refractivity contribution in [3.05, 3.63) is 30.3 Å².